The summed E-state index contributed by atoms with van der Waals surface area (Å²) in [4.78, 5) is 23.1. The van der Waals surface area contributed by atoms with Crippen LogP contribution in [0.2, 0.25) is 0 Å². The third-order valence-corrected chi connectivity index (χ3v) is 3.00. The first-order valence-corrected chi connectivity index (χ1v) is 6.31. The number of carbonyl (C=O) groups excluding carboxylic acids is 2. The van der Waals surface area contributed by atoms with Crippen molar-refractivity contribution in [3.8, 4) is 0 Å². The molecule has 0 unspecified atom stereocenters. The monoisotopic (exact) mass is 257 g/mol. The van der Waals surface area contributed by atoms with Gasteiger partial charge in [0.2, 0.25) is 11.8 Å². The molecule has 5 heteroatoms. The van der Waals surface area contributed by atoms with Crippen molar-refractivity contribution in [2.45, 2.75) is 11.3 Å². The van der Waals surface area contributed by atoms with Gasteiger partial charge in [0.15, 0.2) is 0 Å². The van der Waals surface area contributed by atoms with E-state index in [0.717, 1.165) is 4.90 Å². The molecule has 1 N–H and O–H groups in total. The molecule has 0 fully saturated rings. The van der Waals surface area contributed by atoms with Gasteiger partial charge in [0, 0.05) is 17.1 Å². The second-order valence-electron chi connectivity index (χ2n) is 3.02. The topological polar surface area (TPSA) is 46.2 Å². The molecule has 0 radical (unpaired) electrons. The zero-order valence-corrected chi connectivity index (χ0v) is 10.2. The SMILES string of the molecule is O=C(CCl)NC(=O)CCSc1ccccc1. The average Bonchev–Trinajstić information content (AvgIpc) is 2.30. The second-order valence-corrected chi connectivity index (χ2v) is 4.45. The summed E-state index contributed by atoms with van der Waals surface area (Å²) in [5.74, 6) is -0.270. The van der Waals surface area contributed by atoms with Gasteiger partial charge < -0.3 is 0 Å². The highest BCUT2D eigenvalue weighted by Crippen LogP contribution is 2.17. The molecule has 0 spiro atoms. The number of benzene rings is 1. The molecule has 0 bridgehead atoms. The van der Waals surface area contributed by atoms with Crippen LogP contribution in [0, 0.1) is 0 Å². The Balaban J connectivity index is 2.21. The van der Waals surface area contributed by atoms with Crippen LogP contribution in [-0.4, -0.2) is 23.4 Å². The van der Waals surface area contributed by atoms with Gasteiger partial charge in [-0.25, -0.2) is 0 Å². The van der Waals surface area contributed by atoms with Gasteiger partial charge in [-0.3, -0.25) is 14.9 Å². The van der Waals surface area contributed by atoms with E-state index in [1.54, 1.807) is 11.8 Å². The molecular weight excluding hydrogens is 246 g/mol. The summed E-state index contributed by atoms with van der Waals surface area (Å²) in [6.07, 6.45) is 0.308. The number of hydrogen-bond donors (Lipinski definition) is 1. The molecule has 16 heavy (non-hydrogen) atoms. The Morgan fingerprint density at radius 1 is 1.19 bits per heavy atom. The summed E-state index contributed by atoms with van der Waals surface area (Å²) in [5.41, 5.74) is 0. The first-order valence-electron chi connectivity index (χ1n) is 4.79. The lowest BCUT2D eigenvalue weighted by molar-refractivity contribution is -0.128. The van der Waals surface area contributed by atoms with E-state index < -0.39 is 5.91 Å². The molecule has 0 saturated carbocycles. The van der Waals surface area contributed by atoms with Crippen LogP contribution >= 0.6 is 23.4 Å². The minimum absolute atomic E-state index is 0.183. The number of amides is 2. The fourth-order valence-electron chi connectivity index (χ4n) is 1.03. The maximum atomic E-state index is 11.2. The third kappa shape index (κ3) is 5.19. The Morgan fingerprint density at radius 3 is 2.50 bits per heavy atom. The number of nitrogens with one attached hydrogen (secondary N) is 1. The summed E-state index contributed by atoms with van der Waals surface area (Å²) in [7, 11) is 0. The lowest BCUT2D eigenvalue weighted by atomic mass is 10.4. The number of alkyl halides is 1. The quantitative estimate of drug-likeness (QED) is 0.649. The van der Waals surface area contributed by atoms with Crippen LogP contribution in [0.15, 0.2) is 35.2 Å². The van der Waals surface area contributed by atoms with E-state index in [4.69, 9.17) is 11.6 Å². The minimum Gasteiger partial charge on any atom is -0.295 e. The predicted molar refractivity (Wildman–Crippen MR) is 65.7 cm³/mol. The molecule has 0 aliphatic rings. The summed E-state index contributed by atoms with van der Waals surface area (Å²) in [6.45, 7) is 0. The molecule has 1 aromatic rings. The number of imide groups is 1. The molecular formula is C11H12ClNO2S. The first kappa shape index (κ1) is 13.1. The molecule has 0 saturated heterocycles. The van der Waals surface area contributed by atoms with E-state index in [9.17, 15) is 9.59 Å². The molecule has 3 nitrogen and oxygen atoms in total. The van der Waals surface area contributed by atoms with Gasteiger partial charge in [-0.1, -0.05) is 18.2 Å². The van der Waals surface area contributed by atoms with Crippen LogP contribution in [0.4, 0.5) is 0 Å². The average molecular weight is 258 g/mol. The summed E-state index contributed by atoms with van der Waals surface area (Å²) < 4.78 is 0. The van der Waals surface area contributed by atoms with Gasteiger partial charge in [0.1, 0.15) is 5.88 Å². The number of thioether (sulfide) groups is 1. The van der Waals surface area contributed by atoms with Crippen LogP contribution in [0.1, 0.15) is 6.42 Å². The molecule has 1 aromatic carbocycles. The van der Waals surface area contributed by atoms with Gasteiger partial charge in [0.25, 0.3) is 0 Å². The van der Waals surface area contributed by atoms with Crippen LogP contribution in [0.3, 0.4) is 0 Å². The highest BCUT2D eigenvalue weighted by atomic mass is 35.5. The molecule has 86 valence electrons. The first-order chi connectivity index (χ1) is 7.72. The number of halogens is 1. The Labute approximate surface area is 104 Å². The molecule has 0 atom stereocenters. The zero-order chi connectivity index (χ0) is 11.8. The lowest BCUT2D eigenvalue weighted by Gasteiger charge is -2.02. The van der Waals surface area contributed by atoms with Crippen molar-refractivity contribution in [2.24, 2.45) is 0 Å². The molecule has 0 heterocycles. The lowest BCUT2D eigenvalue weighted by Crippen LogP contribution is -2.31. The number of rotatable bonds is 5. The second kappa shape index (κ2) is 7.30. The Hall–Kier alpha value is -1.00. The van der Waals surface area contributed by atoms with Crippen molar-refractivity contribution in [2.75, 3.05) is 11.6 Å². The Bertz CT molecular complexity index is 356. The summed E-state index contributed by atoms with van der Waals surface area (Å²) >= 11 is 6.83. The van der Waals surface area contributed by atoms with Crippen molar-refractivity contribution < 1.29 is 9.59 Å². The predicted octanol–water partition coefficient (Wildman–Crippen LogP) is 2.05. The maximum Gasteiger partial charge on any atom is 0.241 e. The molecule has 2 amide bonds. The van der Waals surface area contributed by atoms with Gasteiger partial charge in [0.05, 0.1) is 0 Å². The van der Waals surface area contributed by atoms with E-state index in [-0.39, 0.29) is 11.8 Å². The van der Waals surface area contributed by atoms with E-state index in [0.29, 0.717) is 12.2 Å². The third-order valence-electron chi connectivity index (χ3n) is 1.74. The van der Waals surface area contributed by atoms with Crippen molar-refractivity contribution in [1.82, 2.24) is 5.32 Å². The van der Waals surface area contributed by atoms with Gasteiger partial charge in [-0.2, -0.15) is 0 Å². The summed E-state index contributed by atoms with van der Waals surface area (Å²) in [6, 6.07) is 9.79. The van der Waals surface area contributed by atoms with Crippen LogP contribution in [0.5, 0.6) is 0 Å². The van der Waals surface area contributed by atoms with Crippen molar-refractivity contribution >= 4 is 35.2 Å². The van der Waals surface area contributed by atoms with Gasteiger partial charge in [-0.15, -0.1) is 23.4 Å². The molecule has 0 aliphatic heterocycles. The minimum atomic E-state index is -0.448. The van der Waals surface area contributed by atoms with Crippen LogP contribution in [-0.2, 0) is 9.59 Å². The maximum absolute atomic E-state index is 11.2. The summed E-state index contributed by atoms with van der Waals surface area (Å²) in [5, 5.41) is 2.19. The molecule has 0 aliphatic carbocycles. The van der Waals surface area contributed by atoms with E-state index in [1.807, 2.05) is 30.3 Å². The van der Waals surface area contributed by atoms with Crippen molar-refractivity contribution in [1.29, 1.82) is 0 Å². The fourth-order valence-corrected chi connectivity index (χ4v) is 1.97. The standard InChI is InChI=1S/C11H12ClNO2S/c12-8-11(15)13-10(14)6-7-16-9-4-2-1-3-5-9/h1-5H,6-8H2,(H,13,14,15). The van der Waals surface area contributed by atoms with Crippen LogP contribution < -0.4 is 5.32 Å². The van der Waals surface area contributed by atoms with Gasteiger partial charge >= 0.3 is 0 Å². The van der Waals surface area contributed by atoms with E-state index in [1.165, 1.54) is 0 Å². The van der Waals surface area contributed by atoms with Crippen LogP contribution in [0.25, 0.3) is 0 Å². The molecule has 0 aromatic heterocycles. The Kier molecular flexibility index (Phi) is 5.96. The highest BCUT2D eigenvalue weighted by molar-refractivity contribution is 7.99. The van der Waals surface area contributed by atoms with Crippen molar-refractivity contribution in [3.63, 3.8) is 0 Å². The highest BCUT2D eigenvalue weighted by Gasteiger charge is 2.05. The van der Waals surface area contributed by atoms with E-state index in [2.05, 4.69) is 5.32 Å². The number of hydrogen-bond acceptors (Lipinski definition) is 3. The van der Waals surface area contributed by atoms with Crippen molar-refractivity contribution in [3.05, 3.63) is 30.3 Å². The Morgan fingerprint density at radius 2 is 1.88 bits per heavy atom. The largest absolute Gasteiger partial charge is 0.295 e. The smallest absolute Gasteiger partial charge is 0.241 e. The number of carbonyl (C=O) groups is 2. The normalized spacial score (nSPS) is 9.81. The zero-order valence-electron chi connectivity index (χ0n) is 8.61. The molecule has 1 rings (SSSR count). The van der Waals surface area contributed by atoms with Gasteiger partial charge in [-0.05, 0) is 12.1 Å². The van der Waals surface area contributed by atoms with E-state index >= 15 is 0 Å². The fraction of sp³-hybridized carbons (Fsp3) is 0.273.